The van der Waals surface area contributed by atoms with Crippen LogP contribution in [0.15, 0.2) is 41.2 Å². The molecule has 0 radical (unpaired) electrons. The Bertz CT molecular complexity index is 1070. The highest BCUT2D eigenvalue weighted by molar-refractivity contribution is 5.91. The van der Waals surface area contributed by atoms with Crippen LogP contribution in [0.2, 0.25) is 0 Å². The number of carbonyl (C=O) groups is 1. The van der Waals surface area contributed by atoms with Gasteiger partial charge in [0.25, 0.3) is 5.56 Å². The number of hydrogen-bond donors (Lipinski definition) is 1. The van der Waals surface area contributed by atoms with Gasteiger partial charge in [0.2, 0.25) is 5.91 Å². The quantitative estimate of drug-likeness (QED) is 0.752. The van der Waals surface area contributed by atoms with Gasteiger partial charge in [0.1, 0.15) is 11.4 Å². The first-order chi connectivity index (χ1) is 12.9. The minimum atomic E-state index is -0.167. The predicted octanol–water partition coefficient (Wildman–Crippen LogP) is 3.36. The number of aryl methyl sites for hydroxylation is 4. The van der Waals surface area contributed by atoms with Crippen molar-refractivity contribution in [3.05, 3.63) is 63.6 Å². The van der Waals surface area contributed by atoms with Crippen molar-refractivity contribution >= 4 is 22.6 Å². The summed E-state index contributed by atoms with van der Waals surface area (Å²) in [5.41, 5.74) is 4.65. The lowest BCUT2D eigenvalue weighted by molar-refractivity contribution is -0.116. The highest BCUT2D eigenvalue weighted by Gasteiger charge is 2.12. The molecule has 1 N–H and O–H groups in total. The summed E-state index contributed by atoms with van der Waals surface area (Å²) >= 11 is 0. The van der Waals surface area contributed by atoms with Gasteiger partial charge in [-0.15, -0.1) is 0 Å². The zero-order valence-electron chi connectivity index (χ0n) is 16.0. The van der Waals surface area contributed by atoms with Crippen LogP contribution in [0.3, 0.4) is 0 Å². The van der Waals surface area contributed by atoms with Crippen LogP contribution in [-0.2, 0) is 11.3 Å². The zero-order valence-corrected chi connectivity index (χ0v) is 16.0. The van der Waals surface area contributed by atoms with Crippen LogP contribution in [0.25, 0.3) is 11.0 Å². The van der Waals surface area contributed by atoms with E-state index in [1.807, 2.05) is 38.1 Å². The summed E-state index contributed by atoms with van der Waals surface area (Å²) in [6.45, 7) is 6.00. The second-order valence-corrected chi connectivity index (χ2v) is 6.61. The maximum Gasteiger partial charge on any atom is 0.272 e. The Morgan fingerprint density at radius 1 is 1.15 bits per heavy atom. The van der Waals surface area contributed by atoms with Crippen molar-refractivity contribution < 1.29 is 9.53 Å². The zero-order chi connectivity index (χ0) is 19.6. The van der Waals surface area contributed by atoms with Gasteiger partial charge >= 0.3 is 0 Å². The van der Waals surface area contributed by atoms with Crippen molar-refractivity contribution in [1.29, 1.82) is 0 Å². The number of nitrogens with zero attached hydrogens (tertiary/aromatic N) is 2. The number of fused-ring (bicyclic) bond motifs is 1. The number of methoxy groups -OCH3 is 1. The fourth-order valence-electron chi connectivity index (χ4n) is 2.98. The molecular formula is C21H23N3O3. The van der Waals surface area contributed by atoms with Crippen molar-refractivity contribution in [1.82, 2.24) is 9.55 Å². The third-order valence-electron chi connectivity index (χ3n) is 4.64. The smallest absolute Gasteiger partial charge is 0.272 e. The van der Waals surface area contributed by atoms with E-state index in [4.69, 9.17) is 4.74 Å². The standard InChI is InChI=1S/C21H23N3O3/c1-13-10-18-19(11-14(13)2)24(21(26)15(3)22-18)9-8-20(25)23-16-6-5-7-17(12-16)27-4/h5-7,10-12H,8-9H2,1-4H3,(H,23,25). The van der Waals surface area contributed by atoms with Gasteiger partial charge in [0.05, 0.1) is 18.1 Å². The predicted molar refractivity (Wildman–Crippen MR) is 106 cm³/mol. The summed E-state index contributed by atoms with van der Waals surface area (Å²) in [5, 5.41) is 2.84. The monoisotopic (exact) mass is 365 g/mol. The second kappa shape index (κ2) is 7.61. The van der Waals surface area contributed by atoms with Crippen LogP contribution in [0, 0.1) is 20.8 Å². The van der Waals surface area contributed by atoms with E-state index in [9.17, 15) is 9.59 Å². The molecule has 0 aliphatic rings. The second-order valence-electron chi connectivity index (χ2n) is 6.61. The van der Waals surface area contributed by atoms with Crippen LogP contribution in [0.1, 0.15) is 23.2 Å². The summed E-state index contributed by atoms with van der Waals surface area (Å²) < 4.78 is 6.79. The fraction of sp³-hybridized carbons (Fsp3) is 0.286. The molecule has 0 atom stereocenters. The highest BCUT2D eigenvalue weighted by atomic mass is 16.5. The van der Waals surface area contributed by atoms with Gasteiger partial charge in [-0.05, 0) is 56.2 Å². The molecule has 0 spiro atoms. The maximum absolute atomic E-state index is 12.6. The van der Waals surface area contributed by atoms with Crippen LogP contribution in [0.5, 0.6) is 5.75 Å². The maximum atomic E-state index is 12.6. The normalized spacial score (nSPS) is 10.8. The number of carbonyl (C=O) groups excluding carboxylic acids is 1. The van der Waals surface area contributed by atoms with Gasteiger partial charge in [-0.1, -0.05) is 6.07 Å². The van der Waals surface area contributed by atoms with Crippen LogP contribution < -0.4 is 15.6 Å². The summed E-state index contributed by atoms with van der Waals surface area (Å²) in [4.78, 5) is 29.3. The topological polar surface area (TPSA) is 73.2 Å². The van der Waals surface area contributed by atoms with E-state index in [0.29, 0.717) is 17.1 Å². The average Bonchev–Trinajstić information content (AvgIpc) is 2.64. The number of hydrogen-bond acceptors (Lipinski definition) is 4. The van der Waals surface area contributed by atoms with E-state index in [0.717, 1.165) is 22.2 Å². The molecule has 0 aliphatic heterocycles. The van der Waals surface area contributed by atoms with E-state index in [1.54, 1.807) is 30.7 Å². The number of ether oxygens (including phenoxy) is 1. The Morgan fingerprint density at radius 2 is 1.89 bits per heavy atom. The molecular weight excluding hydrogens is 342 g/mol. The minimum Gasteiger partial charge on any atom is -0.497 e. The van der Waals surface area contributed by atoms with Gasteiger partial charge in [0, 0.05) is 24.7 Å². The highest BCUT2D eigenvalue weighted by Crippen LogP contribution is 2.18. The lowest BCUT2D eigenvalue weighted by Gasteiger charge is -2.13. The van der Waals surface area contributed by atoms with Crippen molar-refractivity contribution in [2.75, 3.05) is 12.4 Å². The molecule has 0 unspecified atom stereocenters. The Balaban J connectivity index is 1.83. The number of rotatable bonds is 5. The van der Waals surface area contributed by atoms with Gasteiger partial charge in [-0.3, -0.25) is 9.59 Å². The summed E-state index contributed by atoms with van der Waals surface area (Å²) in [5.74, 6) is 0.507. The minimum absolute atomic E-state index is 0.165. The van der Waals surface area contributed by atoms with Crippen molar-refractivity contribution in [3.63, 3.8) is 0 Å². The van der Waals surface area contributed by atoms with E-state index < -0.39 is 0 Å². The molecule has 3 aromatic rings. The van der Waals surface area contributed by atoms with Crippen LogP contribution in [0.4, 0.5) is 5.69 Å². The molecule has 0 fully saturated rings. The van der Waals surface area contributed by atoms with Gasteiger partial charge in [0.15, 0.2) is 0 Å². The molecule has 1 amide bonds. The van der Waals surface area contributed by atoms with Gasteiger partial charge < -0.3 is 14.6 Å². The lowest BCUT2D eigenvalue weighted by Crippen LogP contribution is -2.26. The Morgan fingerprint density at radius 3 is 2.63 bits per heavy atom. The van der Waals surface area contributed by atoms with Crippen molar-refractivity contribution in [2.24, 2.45) is 0 Å². The molecule has 0 bridgehead atoms. The number of nitrogens with one attached hydrogen (secondary N) is 1. The van der Waals surface area contributed by atoms with Crippen LogP contribution in [-0.4, -0.2) is 22.6 Å². The third-order valence-corrected chi connectivity index (χ3v) is 4.64. The Labute approximate surface area is 157 Å². The van der Waals surface area contributed by atoms with Gasteiger partial charge in [-0.2, -0.15) is 0 Å². The Hall–Kier alpha value is -3.15. The first-order valence-corrected chi connectivity index (χ1v) is 8.81. The summed E-state index contributed by atoms with van der Waals surface area (Å²) in [6, 6.07) is 11.1. The van der Waals surface area contributed by atoms with Crippen molar-refractivity contribution in [2.45, 2.75) is 33.7 Å². The molecule has 3 rings (SSSR count). The van der Waals surface area contributed by atoms with E-state index in [1.165, 1.54) is 0 Å². The first-order valence-electron chi connectivity index (χ1n) is 8.81. The average molecular weight is 365 g/mol. The number of benzene rings is 2. The molecule has 0 saturated carbocycles. The molecule has 1 aromatic heterocycles. The SMILES string of the molecule is COc1cccc(NC(=O)CCn2c(=O)c(C)nc3cc(C)c(C)cc32)c1. The third kappa shape index (κ3) is 4.00. The van der Waals surface area contributed by atoms with E-state index >= 15 is 0 Å². The van der Waals surface area contributed by atoms with Crippen molar-refractivity contribution in [3.8, 4) is 5.75 Å². The van der Waals surface area contributed by atoms with E-state index in [2.05, 4.69) is 10.3 Å². The number of aromatic nitrogens is 2. The van der Waals surface area contributed by atoms with E-state index in [-0.39, 0.29) is 24.4 Å². The lowest BCUT2D eigenvalue weighted by atomic mass is 10.1. The molecule has 0 aliphatic carbocycles. The number of anilines is 1. The summed E-state index contributed by atoms with van der Waals surface area (Å²) in [6.07, 6.45) is 0.183. The summed E-state index contributed by atoms with van der Waals surface area (Å²) in [7, 11) is 1.58. The molecule has 2 aromatic carbocycles. The number of amides is 1. The molecule has 6 heteroatoms. The Kier molecular flexibility index (Phi) is 5.26. The molecule has 27 heavy (non-hydrogen) atoms. The molecule has 0 saturated heterocycles. The fourth-order valence-corrected chi connectivity index (χ4v) is 2.98. The largest absolute Gasteiger partial charge is 0.497 e. The van der Waals surface area contributed by atoms with Gasteiger partial charge in [-0.25, -0.2) is 4.98 Å². The van der Waals surface area contributed by atoms with Crippen LogP contribution >= 0.6 is 0 Å². The molecule has 6 nitrogen and oxygen atoms in total. The molecule has 140 valence electrons. The molecule has 1 heterocycles. The first kappa shape index (κ1) is 18.6.